The third-order valence-electron chi connectivity index (χ3n) is 2.55. The van der Waals surface area contributed by atoms with E-state index in [2.05, 4.69) is 15.9 Å². The van der Waals surface area contributed by atoms with Gasteiger partial charge in [-0.15, -0.1) is 0 Å². The molecule has 1 aliphatic rings. The number of Topliss-reactive ketones (excluding diaryl/α,β-unsaturated/α-hetero) is 1. The van der Waals surface area contributed by atoms with E-state index in [1.165, 1.54) is 0 Å². The molecule has 0 spiro atoms. The average molecular weight is 289 g/mol. The highest BCUT2D eigenvalue weighted by Crippen LogP contribution is 2.34. The van der Waals surface area contributed by atoms with Gasteiger partial charge in [-0.2, -0.15) is 0 Å². The Labute approximate surface area is 96.5 Å². The first-order chi connectivity index (χ1) is 6.94. The van der Waals surface area contributed by atoms with Gasteiger partial charge in [0, 0.05) is 16.5 Å². The van der Waals surface area contributed by atoms with Gasteiger partial charge in [0.05, 0.1) is 10.1 Å². The van der Waals surface area contributed by atoms with Crippen LogP contribution in [0.3, 0.4) is 0 Å². The minimum absolute atomic E-state index is 0.0752. The van der Waals surface area contributed by atoms with Crippen LogP contribution in [0.2, 0.25) is 0 Å². The van der Waals surface area contributed by atoms with E-state index in [4.69, 9.17) is 0 Å². The van der Waals surface area contributed by atoms with Crippen molar-refractivity contribution in [1.29, 1.82) is 0 Å². The van der Waals surface area contributed by atoms with Crippen molar-refractivity contribution in [3.63, 3.8) is 0 Å². The van der Waals surface area contributed by atoms with E-state index in [9.17, 15) is 13.2 Å². The molecule has 1 aromatic rings. The molecule has 1 unspecified atom stereocenters. The predicted molar refractivity (Wildman–Crippen MR) is 59.7 cm³/mol. The molecule has 1 heterocycles. The molecule has 0 N–H and O–H groups in total. The van der Waals surface area contributed by atoms with Crippen molar-refractivity contribution in [1.82, 2.24) is 0 Å². The highest BCUT2D eigenvalue weighted by molar-refractivity contribution is 9.10. The molecule has 80 valence electrons. The number of hydrogen-bond acceptors (Lipinski definition) is 3. The standard InChI is InChI=1S/C10H9BrO3S/c1-6-5-9(12)7-3-2-4-8(11)10(7)15(6,13)14/h2-4,6H,5H2,1H3. The van der Waals surface area contributed by atoms with Crippen LogP contribution < -0.4 is 0 Å². The van der Waals surface area contributed by atoms with Crippen LogP contribution in [0.4, 0.5) is 0 Å². The minimum atomic E-state index is -3.35. The van der Waals surface area contributed by atoms with Gasteiger partial charge in [-0.1, -0.05) is 12.1 Å². The molecule has 0 amide bonds. The fraction of sp³-hybridized carbons (Fsp3) is 0.300. The number of carbonyl (C=O) groups excluding carboxylic acids is 1. The highest BCUT2D eigenvalue weighted by atomic mass is 79.9. The molecule has 1 aromatic carbocycles. The van der Waals surface area contributed by atoms with Crippen LogP contribution in [0, 0.1) is 0 Å². The molecular weight excluding hydrogens is 280 g/mol. The van der Waals surface area contributed by atoms with Crippen LogP contribution in [-0.4, -0.2) is 19.5 Å². The van der Waals surface area contributed by atoms with Crippen LogP contribution in [-0.2, 0) is 9.84 Å². The molecule has 5 heteroatoms. The molecule has 2 rings (SSSR count). The summed E-state index contributed by atoms with van der Waals surface area (Å²) >= 11 is 3.18. The van der Waals surface area contributed by atoms with Gasteiger partial charge in [0.1, 0.15) is 0 Å². The summed E-state index contributed by atoms with van der Waals surface area (Å²) < 4.78 is 24.4. The third-order valence-corrected chi connectivity index (χ3v) is 5.71. The number of ketones is 1. The number of fused-ring (bicyclic) bond motifs is 1. The number of benzene rings is 1. The van der Waals surface area contributed by atoms with E-state index < -0.39 is 15.1 Å². The fourth-order valence-electron chi connectivity index (χ4n) is 1.70. The van der Waals surface area contributed by atoms with E-state index in [1.54, 1.807) is 25.1 Å². The Morgan fingerprint density at radius 1 is 1.40 bits per heavy atom. The normalized spacial score (nSPS) is 23.6. The minimum Gasteiger partial charge on any atom is -0.294 e. The molecule has 0 bridgehead atoms. The summed E-state index contributed by atoms with van der Waals surface area (Å²) in [6.07, 6.45) is 0.0752. The number of hydrogen-bond donors (Lipinski definition) is 0. The zero-order valence-corrected chi connectivity index (χ0v) is 10.4. The van der Waals surface area contributed by atoms with Gasteiger partial charge in [-0.25, -0.2) is 8.42 Å². The molecule has 0 aromatic heterocycles. The Hall–Kier alpha value is -0.680. The summed E-state index contributed by atoms with van der Waals surface area (Å²) in [4.78, 5) is 11.8. The SMILES string of the molecule is CC1CC(=O)c2cccc(Br)c2S1(=O)=O. The molecule has 0 aliphatic carbocycles. The van der Waals surface area contributed by atoms with Crippen molar-refractivity contribution < 1.29 is 13.2 Å². The summed E-state index contributed by atoms with van der Waals surface area (Å²) in [5.41, 5.74) is 0.308. The van der Waals surface area contributed by atoms with Gasteiger partial charge in [0.25, 0.3) is 0 Å². The summed E-state index contributed by atoms with van der Waals surface area (Å²) in [5, 5.41) is -0.629. The lowest BCUT2D eigenvalue weighted by atomic mass is 10.1. The largest absolute Gasteiger partial charge is 0.294 e. The Balaban J connectivity index is 2.84. The molecule has 15 heavy (non-hydrogen) atoms. The second-order valence-electron chi connectivity index (χ2n) is 3.60. The van der Waals surface area contributed by atoms with E-state index in [1.807, 2.05) is 0 Å². The van der Waals surface area contributed by atoms with E-state index in [-0.39, 0.29) is 17.1 Å². The van der Waals surface area contributed by atoms with Crippen LogP contribution in [0.1, 0.15) is 23.7 Å². The van der Waals surface area contributed by atoms with E-state index in [0.717, 1.165) is 0 Å². The number of sulfone groups is 1. The lowest BCUT2D eigenvalue weighted by molar-refractivity contribution is 0.0975. The van der Waals surface area contributed by atoms with Gasteiger partial charge in [0.15, 0.2) is 15.6 Å². The number of halogens is 1. The molecule has 1 aliphatic heterocycles. The van der Waals surface area contributed by atoms with Crippen LogP contribution in [0.15, 0.2) is 27.6 Å². The number of rotatable bonds is 0. The van der Waals surface area contributed by atoms with Crippen molar-refractivity contribution in [3.05, 3.63) is 28.2 Å². The number of carbonyl (C=O) groups is 1. The lowest BCUT2D eigenvalue weighted by Gasteiger charge is -2.21. The van der Waals surface area contributed by atoms with Crippen molar-refractivity contribution >= 4 is 31.6 Å². The zero-order chi connectivity index (χ0) is 11.2. The topological polar surface area (TPSA) is 51.2 Å². The Morgan fingerprint density at radius 2 is 2.07 bits per heavy atom. The quantitative estimate of drug-likeness (QED) is 0.735. The third kappa shape index (κ3) is 1.54. The Morgan fingerprint density at radius 3 is 2.73 bits per heavy atom. The Bertz CT molecular complexity index is 534. The van der Waals surface area contributed by atoms with Crippen LogP contribution in [0.25, 0.3) is 0 Å². The summed E-state index contributed by atoms with van der Waals surface area (Å²) in [6.45, 7) is 1.57. The fourth-order valence-corrected chi connectivity index (χ4v) is 4.34. The van der Waals surface area contributed by atoms with Gasteiger partial charge in [-0.05, 0) is 28.9 Å². The van der Waals surface area contributed by atoms with Gasteiger partial charge in [0.2, 0.25) is 0 Å². The molecule has 0 radical (unpaired) electrons. The smallest absolute Gasteiger partial charge is 0.183 e. The highest BCUT2D eigenvalue weighted by Gasteiger charge is 2.36. The Kier molecular flexibility index (Phi) is 2.47. The first kappa shape index (κ1) is 10.8. The monoisotopic (exact) mass is 288 g/mol. The second kappa shape index (κ2) is 3.42. The van der Waals surface area contributed by atoms with Gasteiger partial charge in [-0.3, -0.25) is 4.79 Å². The van der Waals surface area contributed by atoms with Crippen molar-refractivity contribution in [2.24, 2.45) is 0 Å². The van der Waals surface area contributed by atoms with Gasteiger partial charge >= 0.3 is 0 Å². The molecular formula is C10H9BrO3S. The van der Waals surface area contributed by atoms with E-state index in [0.29, 0.717) is 10.0 Å². The van der Waals surface area contributed by atoms with Gasteiger partial charge < -0.3 is 0 Å². The van der Waals surface area contributed by atoms with Crippen LogP contribution in [0.5, 0.6) is 0 Å². The van der Waals surface area contributed by atoms with Crippen molar-refractivity contribution in [2.75, 3.05) is 0 Å². The molecule has 1 atom stereocenters. The summed E-state index contributed by atoms with van der Waals surface area (Å²) in [7, 11) is -3.35. The zero-order valence-electron chi connectivity index (χ0n) is 8.03. The second-order valence-corrected chi connectivity index (χ2v) is 6.76. The van der Waals surface area contributed by atoms with Crippen molar-refractivity contribution in [3.8, 4) is 0 Å². The average Bonchev–Trinajstić information content (AvgIpc) is 2.14. The van der Waals surface area contributed by atoms with Crippen LogP contribution >= 0.6 is 15.9 Å². The van der Waals surface area contributed by atoms with Crippen molar-refractivity contribution in [2.45, 2.75) is 23.5 Å². The maximum Gasteiger partial charge on any atom is 0.183 e. The molecule has 3 nitrogen and oxygen atoms in total. The molecule has 0 saturated heterocycles. The summed E-state index contributed by atoms with van der Waals surface area (Å²) in [6, 6.07) is 4.87. The summed E-state index contributed by atoms with van der Waals surface area (Å²) in [5.74, 6) is -0.103. The van der Waals surface area contributed by atoms with E-state index >= 15 is 0 Å². The molecule has 0 saturated carbocycles. The first-order valence-electron chi connectivity index (χ1n) is 4.50. The maximum atomic E-state index is 12.0. The predicted octanol–water partition coefficient (Wildman–Crippen LogP) is 2.20. The maximum absolute atomic E-state index is 12.0. The lowest BCUT2D eigenvalue weighted by Crippen LogP contribution is -2.29. The molecule has 0 fully saturated rings. The first-order valence-corrected chi connectivity index (χ1v) is 6.84.